The first kappa shape index (κ1) is 12.4. The van der Waals surface area contributed by atoms with E-state index in [9.17, 15) is 0 Å². The summed E-state index contributed by atoms with van der Waals surface area (Å²) >= 11 is 5.22. The van der Waals surface area contributed by atoms with Gasteiger partial charge in [0.15, 0.2) is 0 Å². The lowest BCUT2D eigenvalue weighted by molar-refractivity contribution is 0.880. The van der Waals surface area contributed by atoms with E-state index in [-0.39, 0.29) is 0 Å². The Kier molecular flexibility index (Phi) is 3.66. The Balaban J connectivity index is 1.66. The zero-order valence-electron chi connectivity index (χ0n) is 10.1. The van der Waals surface area contributed by atoms with Gasteiger partial charge in [0.2, 0.25) is 0 Å². The van der Waals surface area contributed by atoms with Crippen molar-refractivity contribution in [3.8, 4) is 5.69 Å². The summed E-state index contributed by atoms with van der Waals surface area (Å²) in [7, 11) is 0. The molecule has 5 heteroatoms. The average molecular weight is 334 g/mol. The molecule has 0 aliphatic rings. The normalized spacial score (nSPS) is 10.6. The molecule has 0 saturated heterocycles. The summed E-state index contributed by atoms with van der Waals surface area (Å²) in [4.78, 5) is 1.31. The largest absolute Gasteiger partial charge is 0.380 e. The van der Waals surface area contributed by atoms with Crippen molar-refractivity contribution in [3.63, 3.8) is 0 Å². The Morgan fingerprint density at radius 2 is 2.00 bits per heavy atom. The summed E-state index contributed by atoms with van der Waals surface area (Å²) in [5, 5.41) is 7.61. The fourth-order valence-corrected chi connectivity index (χ4v) is 3.21. The predicted molar refractivity (Wildman–Crippen MR) is 82.9 cm³/mol. The zero-order valence-corrected chi connectivity index (χ0v) is 12.5. The molecule has 3 nitrogen and oxygen atoms in total. The molecule has 0 spiro atoms. The monoisotopic (exact) mass is 333 g/mol. The van der Waals surface area contributed by atoms with Crippen LogP contribution < -0.4 is 5.32 Å². The Morgan fingerprint density at radius 3 is 2.63 bits per heavy atom. The van der Waals surface area contributed by atoms with Gasteiger partial charge in [-0.05, 0) is 58.4 Å². The highest BCUT2D eigenvalue weighted by Gasteiger charge is 1.99. The molecule has 0 atom stereocenters. The van der Waals surface area contributed by atoms with Crippen LogP contribution in [0.25, 0.3) is 5.69 Å². The molecule has 1 N–H and O–H groups in total. The van der Waals surface area contributed by atoms with Gasteiger partial charge in [0.05, 0.1) is 9.47 Å². The Bertz CT molecular complexity index is 644. The van der Waals surface area contributed by atoms with E-state index in [1.54, 1.807) is 17.5 Å². The number of hydrogen-bond acceptors (Lipinski definition) is 3. The van der Waals surface area contributed by atoms with Crippen molar-refractivity contribution in [1.29, 1.82) is 0 Å². The van der Waals surface area contributed by atoms with E-state index < -0.39 is 0 Å². The van der Waals surface area contributed by atoms with Gasteiger partial charge >= 0.3 is 0 Å². The van der Waals surface area contributed by atoms with E-state index >= 15 is 0 Å². The van der Waals surface area contributed by atoms with E-state index in [1.165, 1.54) is 8.66 Å². The van der Waals surface area contributed by atoms with Crippen molar-refractivity contribution < 1.29 is 0 Å². The smallest absolute Gasteiger partial charge is 0.0702 e. The van der Waals surface area contributed by atoms with E-state index in [4.69, 9.17) is 0 Å². The Hall–Kier alpha value is -1.59. The Morgan fingerprint density at radius 1 is 1.16 bits per heavy atom. The first-order valence-corrected chi connectivity index (χ1v) is 7.50. The first-order valence-electron chi connectivity index (χ1n) is 5.89. The van der Waals surface area contributed by atoms with Gasteiger partial charge < -0.3 is 5.32 Å². The number of thiophene rings is 1. The van der Waals surface area contributed by atoms with Gasteiger partial charge in [0.25, 0.3) is 0 Å². The van der Waals surface area contributed by atoms with E-state index in [2.05, 4.69) is 62.7 Å². The van der Waals surface area contributed by atoms with Crippen molar-refractivity contribution in [1.82, 2.24) is 9.78 Å². The van der Waals surface area contributed by atoms with Gasteiger partial charge in [0, 0.05) is 29.5 Å². The summed E-state index contributed by atoms with van der Waals surface area (Å²) in [6.07, 6.45) is 3.71. The molecule has 3 aromatic rings. The van der Waals surface area contributed by atoms with Crippen molar-refractivity contribution in [2.75, 3.05) is 5.32 Å². The van der Waals surface area contributed by atoms with Gasteiger partial charge in [-0.25, -0.2) is 4.68 Å². The number of nitrogens with zero attached hydrogens (tertiary/aromatic N) is 2. The summed E-state index contributed by atoms with van der Waals surface area (Å²) in [6, 6.07) is 14.4. The van der Waals surface area contributed by atoms with Crippen LogP contribution in [0.3, 0.4) is 0 Å². The van der Waals surface area contributed by atoms with Gasteiger partial charge in [-0.1, -0.05) is 0 Å². The number of aromatic nitrogens is 2. The second-order valence-corrected chi connectivity index (χ2v) is 6.60. The molecule has 2 heterocycles. The molecule has 3 rings (SSSR count). The maximum Gasteiger partial charge on any atom is 0.0702 e. The van der Waals surface area contributed by atoms with Crippen LogP contribution in [0.15, 0.2) is 58.6 Å². The van der Waals surface area contributed by atoms with Crippen LogP contribution in [-0.4, -0.2) is 9.78 Å². The zero-order chi connectivity index (χ0) is 13.1. The topological polar surface area (TPSA) is 29.9 Å². The molecule has 2 aromatic heterocycles. The van der Waals surface area contributed by atoms with Crippen LogP contribution in [0.2, 0.25) is 0 Å². The Labute approximate surface area is 124 Å². The molecule has 0 aliphatic carbocycles. The lowest BCUT2D eigenvalue weighted by Crippen LogP contribution is -1.98. The number of halogens is 1. The number of rotatable bonds is 4. The van der Waals surface area contributed by atoms with E-state index in [0.29, 0.717) is 0 Å². The first-order chi connectivity index (χ1) is 9.31. The van der Waals surface area contributed by atoms with E-state index in [0.717, 1.165) is 17.9 Å². The molecule has 0 saturated carbocycles. The number of hydrogen-bond donors (Lipinski definition) is 1. The quantitative estimate of drug-likeness (QED) is 0.771. The minimum absolute atomic E-state index is 0.845. The average Bonchev–Trinajstić information content (AvgIpc) is 3.08. The maximum absolute atomic E-state index is 4.21. The molecule has 0 aliphatic heterocycles. The van der Waals surface area contributed by atoms with Crippen LogP contribution in [0.1, 0.15) is 4.88 Å². The minimum Gasteiger partial charge on any atom is -0.380 e. The van der Waals surface area contributed by atoms with Crippen LogP contribution in [0, 0.1) is 0 Å². The molecule has 0 amide bonds. The highest BCUT2D eigenvalue weighted by atomic mass is 79.9. The third-order valence-corrected chi connectivity index (χ3v) is 4.36. The van der Waals surface area contributed by atoms with Crippen molar-refractivity contribution in [2.45, 2.75) is 6.54 Å². The fourth-order valence-electron chi connectivity index (χ4n) is 1.79. The molecule has 0 fully saturated rings. The number of nitrogens with one attached hydrogen (secondary N) is 1. The minimum atomic E-state index is 0.845. The maximum atomic E-state index is 4.21. The predicted octanol–water partition coefficient (Wildman–Crippen LogP) is 4.31. The number of benzene rings is 1. The molecule has 96 valence electrons. The standard InChI is InChI=1S/C14H12BrN3S/c15-14-7-6-13(19-14)10-16-11-2-4-12(5-3-11)18-9-1-8-17-18/h1-9,16H,10H2. The lowest BCUT2D eigenvalue weighted by Gasteiger charge is -2.06. The molecule has 19 heavy (non-hydrogen) atoms. The van der Waals surface area contributed by atoms with Gasteiger partial charge in [-0.3, -0.25) is 0 Å². The van der Waals surface area contributed by atoms with Crippen LogP contribution in [0.4, 0.5) is 5.69 Å². The second kappa shape index (κ2) is 5.59. The molecule has 0 radical (unpaired) electrons. The van der Waals surface area contributed by atoms with Gasteiger partial charge in [-0.15, -0.1) is 11.3 Å². The van der Waals surface area contributed by atoms with Crippen LogP contribution in [0.5, 0.6) is 0 Å². The molecule has 1 aromatic carbocycles. The van der Waals surface area contributed by atoms with Crippen molar-refractivity contribution >= 4 is 33.0 Å². The van der Waals surface area contributed by atoms with Gasteiger partial charge in [-0.2, -0.15) is 5.10 Å². The summed E-state index contributed by atoms with van der Waals surface area (Å²) in [5.41, 5.74) is 2.18. The van der Waals surface area contributed by atoms with Crippen molar-refractivity contribution in [3.05, 3.63) is 63.5 Å². The molecule has 0 bridgehead atoms. The van der Waals surface area contributed by atoms with Crippen molar-refractivity contribution in [2.24, 2.45) is 0 Å². The number of anilines is 1. The lowest BCUT2D eigenvalue weighted by atomic mass is 10.3. The highest BCUT2D eigenvalue weighted by molar-refractivity contribution is 9.11. The molecular weight excluding hydrogens is 322 g/mol. The third kappa shape index (κ3) is 3.05. The summed E-state index contributed by atoms with van der Waals surface area (Å²) in [5.74, 6) is 0. The fraction of sp³-hybridized carbons (Fsp3) is 0.0714. The van der Waals surface area contributed by atoms with Gasteiger partial charge in [0.1, 0.15) is 0 Å². The summed E-state index contributed by atoms with van der Waals surface area (Å²) < 4.78 is 3.01. The van der Waals surface area contributed by atoms with E-state index in [1.807, 2.05) is 16.9 Å². The second-order valence-electron chi connectivity index (χ2n) is 4.06. The molecular formula is C14H12BrN3S. The third-order valence-electron chi connectivity index (χ3n) is 2.73. The molecule has 0 unspecified atom stereocenters. The van der Waals surface area contributed by atoms with Crippen LogP contribution in [-0.2, 0) is 6.54 Å². The SMILES string of the molecule is Brc1ccc(CNc2ccc(-n3cccn3)cc2)s1. The van der Waals surface area contributed by atoms with Crippen LogP contribution >= 0.6 is 27.3 Å². The summed E-state index contributed by atoms with van der Waals surface area (Å²) in [6.45, 7) is 0.845. The highest BCUT2D eigenvalue weighted by Crippen LogP contribution is 2.23.